The molecule has 40 heteroatoms. The van der Waals surface area contributed by atoms with Crippen molar-refractivity contribution in [3.05, 3.63) is 88.1 Å². The van der Waals surface area contributed by atoms with Gasteiger partial charge in [0.15, 0.2) is 23.1 Å². The maximum Gasteiger partial charge on any atom is 0.305 e. The van der Waals surface area contributed by atoms with Crippen molar-refractivity contribution in [1.29, 1.82) is 5.41 Å². The number of methoxy groups -OCH3 is 3. The Bertz CT molecular complexity index is 4490. The van der Waals surface area contributed by atoms with Crippen molar-refractivity contribution in [3.63, 3.8) is 0 Å². The number of carboxylic acids is 1. The molecule has 7 rings (SSSR count). The van der Waals surface area contributed by atoms with Crippen molar-refractivity contribution < 1.29 is 101 Å². The number of hydrogen-bond donors (Lipinski definition) is 17. The highest BCUT2D eigenvalue weighted by Gasteiger charge is 2.46. The lowest BCUT2D eigenvalue weighted by Crippen LogP contribution is -2.61. The number of benzene rings is 3. The average molecular weight is 1770 g/mol. The van der Waals surface area contributed by atoms with Gasteiger partial charge in [0.05, 0.1) is 46.4 Å². The van der Waals surface area contributed by atoms with Crippen LogP contribution < -0.4 is 89.5 Å². The van der Waals surface area contributed by atoms with Crippen LogP contribution in [0.15, 0.2) is 65.1 Å². The fourth-order valence-corrected chi connectivity index (χ4v) is 15.3. The van der Waals surface area contributed by atoms with Crippen LogP contribution in [0.4, 0.5) is 0 Å². The minimum absolute atomic E-state index is 0.0116. The molecule has 3 aliphatic rings. The summed E-state index contributed by atoms with van der Waals surface area (Å²) in [5, 5.41) is 62.2. The number of halogens is 1. The first-order chi connectivity index (χ1) is 59.3. The lowest BCUT2D eigenvalue weighted by atomic mass is 10.0. The quantitative estimate of drug-likeness (QED) is 0.0162. The van der Waals surface area contributed by atoms with Crippen LogP contribution in [-0.2, 0) is 80.0 Å². The van der Waals surface area contributed by atoms with Crippen molar-refractivity contribution in [2.75, 3.05) is 60.6 Å². The highest BCUT2D eigenvalue weighted by Crippen LogP contribution is 2.39. The largest absolute Gasteiger partial charge is 0.497 e. The lowest BCUT2D eigenvalue weighted by molar-refractivity contribution is -0.144. The average Bonchev–Trinajstić information content (AvgIpc) is 1.63. The number of carbonyl (C=O) groups excluding carboxylic acids is 14. The topological polar surface area (TPSA) is 567 Å². The first-order valence-electron chi connectivity index (χ1n) is 42.2. The van der Waals surface area contributed by atoms with E-state index in [1.165, 1.54) is 45.0 Å². The van der Waals surface area contributed by atoms with Gasteiger partial charge in [-0.3, -0.25) is 77.3 Å². The van der Waals surface area contributed by atoms with Crippen LogP contribution in [0.2, 0.25) is 5.02 Å². The zero-order chi connectivity index (χ0) is 92.2. The summed E-state index contributed by atoms with van der Waals surface area (Å²) in [4.78, 5) is 214. The summed E-state index contributed by atoms with van der Waals surface area (Å²) in [7, 11) is 4.33. The smallest absolute Gasteiger partial charge is 0.305 e. The van der Waals surface area contributed by atoms with Crippen LogP contribution in [0.3, 0.4) is 0 Å². The zero-order valence-electron chi connectivity index (χ0n) is 72.9. The summed E-state index contributed by atoms with van der Waals surface area (Å²) in [6, 6.07) is 0.140. The van der Waals surface area contributed by atoms with Gasteiger partial charge >= 0.3 is 5.97 Å². The first kappa shape index (κ1) is 100. The molecule has 125 heavy (non-hydrogen) atoms. The van der Waals surface area contributed by atoms with E-state index in [-0.39, 0.29) is 119 Å². The van der Waals surface area contributed by atoms with Crippen molar-refractivity contribution in [1.82, 2.24) is 78.5 Å². The Morgan fingerprint density at radius 2 is 1.13 bits per heavy atom. The number of furan rings is 1. The number of hydrogen-bond acceptors (Lipinski definition) is 22. The minimum Gasteiger partial charge on any atom is -0.497 e. The number of β-amino-alcohol motifs (C(OH)–C–C–N with tert-alkyl or cyclic N) is 1. The maximum absolute atomic E-state index is 15.0. The van der Waals surface area contributed by atoms with Crippen molar-refractivity contribution >= 4 is 117 Å². The van der Waals surface area contributed by atoms with Crippen LogP contribution in [0.25, 0.3) is 11.0 Å². The van der Waals surface area contributed by atoms with Gasteiger partial charge in [-0.05, 0) is 158 Å². The molecule has 1 aromatic heterocycles. The molecule has 19 N–H and O–H groups in total. The third-order valence-electron chi connectivity index (χ3n) is 22.2. The number of aliphatic hydroxyl groups is 1. The Morgan fingerprint density at radius 1 is 0.576 bits per heavy atom. The Hall–Kier alpha value is -11.9. The van der Waals surface area contributed by atoms with E-state index in [0.29, 0.717) is 64.3 Å². The Balaban J connectivity index is 1.00. The maximum atomic E-state index is 15.0. The van der Waals surface area contributed by atoms with Crippen LogP contribution in [-0.4, -0.2) is 265 Å². The molecule has 4 aromatic rings. The number of nitrogens with two attached hydrogens (primary N) is 2. The Kier molecular flexibility index (Phi) is 38.4. The summed E-state index contributed by atoms with van der Waals surface area (Å²) in [5.41, 5.74) is 12.9. The fraction of sp³-hybridized carbons (Fsp3) is 0.576. The summed E-state index contributed by atoms with van der Waals surface area (Å²) in [5.74, 6) is -13.0. The number of ether oxygens (including phenoxy) is 3. The molecule has 0 bridgehead atoms. The van der Waals surface area contributed by atoms with E-state index in [1.54, 1.807) is 81.4 Å². The number of rotatable bonds is 47. The Morgan fingerprint density at radius 3 is 1.70 bits per heavy atom. The van der Waals surface area contributed by atoms with E-state index < -0.39 is 193 Å². The number of fused-ring (bicyclic) bond motifs is 1. The van der Waals surface area contributed by atoms with Gasteiger partial charge in [0, 0.05) is 74.0 Å². The predicted molar refractivity (Wildman–Crippen MR) is 459 cm³/mol. The van der Waals surface area contributed by atoms with Crippen molar-refractivity contribution in [3.8, 4) is 17.2 Å². The van der Waals surface area contributed by atoms with Gasteiger partial charge in [-0.2, -0.15) is 0 Å². The minimum atomic E-state index is -1.88. The molecule has 14 atom stereocenters. The van der Waals surface area contributed by atoms with E-state index in [4.69, 9.17) is 47.1 Å². The van der Waals surface area contributed by atoms with Gasteiger partial charge in [0.25, 0.3) is 5.91 Å². The van der Waals surface area contributed by atoms with Gasteiger partial charge in [-0.15, -0.1) is 0 Å². The second-order valence-corrected chi connectivity index (χ2v) is 33.0. The summed E-state index contributed by atoms with van der Waals surface area (Å²) >= 11 is 6.25. The molecule has 3 saturated heterocycles. The Labute approximate surface area is 731 Å². The SMILES string of the molecule is CCC(C)NC(CCCCNC(=O)CNC(=O)[C@@H]1CCCN1C(=O)[C@H](CCCNC(=N)N)NC(=O)[C@H](Cc1ccc(Cl)cc1)NC(=O)[C@@H]1C[C@@H](O)CN1C(=O)[C@@H](NC(=O)[C@H](C)NC(=O)[C@H](CC(=O)O)NC(=O)[C@@H]1CCCN1C(=O)[C@H](Cc1ccc(OC)cc1)NC(=O)[C@H](C)NC(=O)[C@H](CC(C)C)NC(=O)c1oc2c(OC)c(OC)ccc2c1C)C(C)C)C(N)=O. The number of unbranched alkanes of at least 4 members (excludes halogenated alkanes) is 1. The molecule has 3 aliphatic heterocycles. The molecule has 14 amide bonds. The van der Waals surface area contributed by atoms with Gasteiger partial charge < -0.3 is 119 Å². The van der Waals surface area contributed by atoms with E-state index in [0.717, 1.165) is 11.3 Å². The number of carbonyl (C=O) groups is 15. The van der Waals surface area contributed by atoms with E-state index in [1.807, 2.05) is 27.7 Å². The number of carboxylic acid groups (broad SMARTS) is 1. The number of aliphatic hydroxyl groups excluding tert-OH is 1. The second kappa shape index (κ2) is 47.8. The lowest BCUT2D eigenvalue weighted by Gasteiger charge is -2.32. The summed E-state index contributed by atoms with van der Waals surface area (Å²) < 4.78 is 22.3. The number of nitrogens with one attached hydrogen (secondary N) is 13. The van der Waals surface area contributed by atoms with Gasteiger partial charge in [-0.1, -0.05) is 70.5 Å². The molecule has 39 nitrogen and oxygen atoms in total. The highest BCUT2D eigenvalue weighted by molar-refractivity contribution is 6.30. The highest BCUT2D eigenvalue weighted by atomic mass is 35.5. The summed E-state index contributed by atoms with van der Waals surface area (Å²) in [6.45, 7) is 14.5. The van der Waals surface area contributed by atoms with Crippen LogP contribution >= 0.6 is 11.6 Å². The molecule has 3 fully saturated rings. The molecule has 0 radical (unpaired) electrons. The summed E-state index contributed by atoms with van der Waals surface area (Å²) in [6.07, 6.45) is 0.324. The predicted octanol–water partition coefficient (Wildman–Crippen LogP) is 0.466. The normalized spacial score (nSPS) is 17.9. The number of aliphatic carboxylic acids is 1. The van der Waals surface area contributed by atoms with Crippen LogP contribution in [0.1, 0.15) is 166 Å². The third-order valence-corrected chi connectivity index (χ3v) is 22.4. The molecule has 2 unspecified atom stereocenters. The van der Waals surface area contributed by atoms with Gasteiger partial charge in [0.1, 0.15) is 72.2 Å². The molecule has 0 aliphatic carbocycles. The van der Waals surface area contributed by atoms with Crippen molar-refractivity contribution in [2.24, 2.45) is 23.3 Å². The first-order valence-corrected chi connectivity index (χ1v) is 42.6. The van der Waals surface area contributed by atoms with Crippen LogP contribution in [0.5, 0.6) is 17.2 Å². The molecular weight excluding hydrogens is 1640 g/mol. The molecular formula is C85H123ClN18O21. The van der Waals surface area contributed by atoms with E-state index >= 15 is 0 Å². The molecule has 686 valence electrons. The monoisotopic (exact) mass is 1770 g/mol. The molecule has 3 aromatic carbocycles. The number of aryl methyl sites for hydroxylation is 1. The second-order valence-electron chi connectivity index (χ2n) is 32.6. The van der Waals surface area contributed by atoms with Gasteiger partial charge in [-0.25, -0.2) is 0 Å². The zero-order valence-corrected chi connectivity index (χ0v) is 73.6. The standard InChI is InChI=1S/C85H123ClN18O21/c1-13-46(6)93-56(72(87)109)19-14-15-33-90-66(106)42-92-78(115)62-21-17-35-102(62)82(119)57(20-16-34-91-85(88)89)96-77(114)59(38-50-23-27-52(86)28-24-50)97-80(117)64-40-53(105)43-104(64)84(121)68(45(4)5)101-74(111)49(9)95-76(113)60(41-67(107)108)98-79(116)63-22-18-36-103(63)83(120)61(39-51-25-29-54(122-10)30-26-51)100-73(110)48(8)94-75(112)58(37-44(2)3)99-81(118)69-47(7)55-31-32-65(123-11)71(124-12)70(55)125-69/h23-32,44-46,48-49,53,56-64,68,93,105H,13-22,33-43H2,1-12H3,(H2,87,109)(H,90,106)(H,92,115)(H,94,112)(H,95,113)(H,96,114)(H,97,117)(H,98,116)(H,99,118)(H,100,110)(H,101,111)(H,107,108)(H4,88,89,91)/t46?,48-,49-,53+,56?,57-,58-,59-,60-,61-,62-,63-,64-,68-/m0/s1. The van der Waals surface area contributed by atoms with Crippen molar-refractivity contribution in [2.45, 2.75) is 243 Å². The molecule has 0 saturated carbocycles. The number of nitrogens with zero attached hydrogens (tertiary/aromatic N) is 3. The van der Waals surface area contributed by atoms with E-state index in [9.17, 15) is 82.1 Å². The molecule has 0 spiro atoms. The number of likely N-dealkylation sites (tertiary alicyclic amines) is 3. The molecule has 4 heterocycles. The fourth-order valence-electron chi connectivity index (χ4n) is 15.1. The van der Waals surface area contributed by atoms with Gasteiger partial charge in [0.2, 0.25) is 82.5 Å². The number of amides is 14. The van der Waals surface area contributed by atoms with Crippen LogP contribution in [0, 0.1) is 24.2 Å². The third kappa shape index (κ3) is 28.8. The van der Waals surface area contributed by atoms with E-state index in [2.05, 4.69) is 63.8 Å². The number of guanidine groups is 1. The number of primary amides is 1.